The maximum absolute atomic E-state index is 12.3. The summed E-state index contributed by atoms with van der Waals surface area (Å²) in [6.45, 7) is 2.31. The Morgan fingerprint density at radius 3 is 2.28 bits per heavy atom. The number of ether oxygens (including phenoxy) is 3. The summed E-state index contributed by atoms with van der Waals surface area (Å²) < 4.78 is 14.6. The van der Waals surface area contributed by atoms with Gasteiger partial charge in [0.15, 0.2) is 6.61 Å². The van der Waals surface area contributed by atoms with Crippen molar-refractivity contribution < 1.29 is 33.4 Å². The van der Waals surface area contributed by atoms with Gasteiger partial charge in [-0.1, -0.05) is 0 Å². The van der Waals surface area contributed by atoms with E-state index in [1.165, 1.54) is 14.2 Å². The average molecular weight is 402 g/mol. The number of rotatable bonds is 8. The molecule has 0 bridgehead atoms. The number of benzene rings is 1. The lowest BCUT2D eigenvalue weighted by molar-refractivity contribution is -0.141. The Morgan fingerprint density at radius 1 is 1.03 bits per heavy atom. The van der Waals surface area contributed by atoms with Gasteiger partial charge in [0.05, 0.1) is 25.5 Å². The summed E-state index contributed by atoms with van der Waals surface area (Å²) in [6.07, 6.45) is 0. The summed E-state index contributed by atoms with van der Waals surface area (Å²) in [5.41, 5.74) is 1.69. The highest BCUT2D eigenvalue weighted by atomic mass is 16.5. The third-order valence-corrected chi connectivity index (χ3v) is 4.22. The quantitative estimate of drug-likeness (QED) is 0.507. The molecule has 154 valence electrons. The van der Waals surface area contributed by atoms with Gasteiger partial charge < -0.3 is 24.5 Å². The van der Waals surface area contributed by atoms with Gasteiger partial charge in [-0.25, -0.2) is 4.79 Å². The van der Waals surface area contributed by atoms with E-state index in [9.17, 15) is 19.2 Å². The second-order valence-electron chi connectivity index (χ2n) is 6.11. The molecule has 0 aliphatic heterocycles. The van der Waals surface area contributed by atoms with Crippen LogP contribution in [0.1, 0.15) is 42.5 Å². The van der Waals surface area contributed by atoms with Gasteiger partial charge in [-0.2, -0.15) is 0 Å². The SMILES string of the molecule is COC(=O)c1c(C)[nH]c(C(=O)COC(=O)CNC(=O)c2ccc(OC)cc2)c1C. The van der Waals surface area contributed by atoms with E-state index in [4.69, 9.17) is 14.2 Å². The number of methoxy groups -OCH3 is 2. The molecule has 2 N–H and O–H groups in total. The minimum absolute atomic E-state index is 0.165. The number of H-pyrrole nitrogens is 1. The van der Waals surface area contributed by atoms with Crippen LogP contribution in [0.2, 0.25) is 0 Å². The van der Waals surface area contributed by atoms with E-state index in [0.717, 1.165) is 0 Å². The van der Waals surface area contributed by atoms with Crippen molar-refractivity contribution in [2.24, 2.45) is 0 Å². The molecule has 0 saturated carbocycles. The number of ketones is 1. The molecular formula is C20H22N2O7. The van der Waals surface area contributed by atoms with E-state index in [2.05, 4.69) is 10.3 Å². The molecule has 1 aromatic carbocycles. The average Bonchev–Trinajstić information content (AvgIpc) is 3.03. The number of hydrogen-bond acceptors (Lipinski definition) is 7. The van der Waals surface area contributed by atoms with Crippen LogP contribution >= 0.6 is 0 Å². The molecule has 1 heterocycles. The predicted molar refractivity (Wildman–Crippen MR) is 102 cm³/mol. The largest absolute Gasteiger partial charge is 0.497 e. The van der Waals surface area contributed by atoms with Crippen molar-refractivity contribution in [3.8, 4) is 5.75 Å². The number of carbonyl (C=O) groups is 4. The van der Waals surface area contributed by atoms with Gasteiger partial charge in [0.2, 0.25) is 5.78 Å². The minimum atomic E-state index is -0.769. The van der Waals surface area contributed by atoms with Crippen molar-refractivity contribution in [1.82, 2.24) is 10.3 Å². The Labute approximate surface area is 167 Å². The molecule has 29 heavy (non-hydrogen) atoms. The van der Waals surface area contributed by atoms with Crippen LogP contribution < -0.4 is 10.1 Å². The first-order chi connectivity index (χ1) is 13.8. The van der Waals surface area contributed by atoms with E-state index < -0.39 is 36.8 Å². The molecule has 0 radical (unpaired) electrons. The van der Waals surface area contributed by atoms with Gasteiger partial charge in [0.25, 0.3) is 5.91 Å². The minimum Gasteiger partial charge on any atom is -0.497 e. The fourth-order valence-corrected chi connectivity index (χ4v) is 2.70. The van der Waals surface area contributed by atoms with Crippen LogP contribution in [0.5, 0.6) is 5.75 Å². The number of aromatic nitrogens is 1. The summed E-state index contributed by atoms with van der Waals surface area (Å²) in [6, 6.07) is 6.35. The first-order valence-corrected chi connectivity index (χ1v) is 8.67. The fraction of sp³-hybridized carbons (Fsp3) is 0.300. The van der Waals surface area contributed by atoms with Gasteiger partial charge in [-0.3, -0.25) is 14.4 Å². The summed E-state index contributed by atoms with van der Waals surface area (Å²) in [5, 5.41) is 2.41. The third kappa shape index (κ3) is 5.22. The first kappa shape index (κ1) is 21.7. The summed E-state index contributed by atoms with van der Waals surface area (Å²) in [5.74, 6) is -1.70. The zero-order valence-corrected chi connectivity index (χ0v) is 16.6. The number of aromatic amines is 1. The van der Waals surface area contributed by atoms with E-state index in [-0.39, 0.29) is 11.3 Å². The zero-order valence-electron chi connectivity index (χ0n) is 16.6. The van der Waals surface area contributed by atoms with E-state index in [1.54, 1.807) is 38.1 Å². The van der Waals surface area contributed by atoms with Gasteiger partial charge in [-0.05, 0) is 43.7 Å². The van der Waals surface area contributed by atoms with Gasteiger partial charge in [0, 0.05) is 11.3 Å². The van der Waals surface area contributed by atoms with Crippen molar-refractivity contribution >= 4 is 23.6 Å². The van der Waals surface area contributed by atoms with Crippen molar-refractivity contribution in [1.29, 1.82) is 0 Å². The van der Waals surface area contributed by atoms with Crippen molar-refractivity contribution in [2.75, 3.05) is 27.4 Å². The van der Waals surface area contributed by atoms with Crippen LogP contribution in [-0.2, 0) is 14.3 Å². The number of amides is 1. The molecule has 1 amide bonds. The Hall–Kier alpha value is -3.62. The van der Waals surface area contributed by atoms with Crippen LogP contribution in [0, 0.1) is 13.8 Å². The lowest BCUT2D eigenvalue weighted by Gasteiger charge is -2.07. The van der Waals surface area contributed by atoms with Gasteiger partial charge >= 0.3 is 11.9 Å². The third-order valence-electron chi connectivity index (χ3n) is 4.22. The standard InChI is InChI=1S/C20H22N2O7/c1-11-17(20(26)28-4)12(2)22-18(11)15(23)10-29-16(24)9-21-19(25)13-5-7-14(27-3)8-6-13/h5-8,22H,9-10H2,1-4H3,(H,21,25). The van der Waals surface area contributed by atoms with Crippen LogP contribution in [-0.4, -0.2) is 56.0 Å². The first-order valence-electron chi connectivity index (χ1n) is 8.67. The second-order valence-corrected chi connectivity index (χ2v) is 6.11. The lowest BCUT2D eigenvalue weighted by atomic mass is 10.1. The Morgan fingerprint density at radius 2 is 1.69 bits per heavy atom. The fourth-order valence-electron chi connectivity index (χ4n) is 2.70. The molecule has 9 heteroatoms. The molecule has 0 aliphatic rings. The number of nitrogens with one attached hydrogen (secondary N) is 2. The molecule has 0 aliphatic carbocycles. The van der Waals surface area contributed by atoms with E-state index in [0.29, 0.717) is 22.6 Å². The Bertz CT molecular complexity index is 929. The van der Waals surface area contributed by atoms with Gasteiger partial charge in [-0.15, -0.1) is 0 Å². The van der Waals surface area contributed by atoms with Crippen molar-refractivity contribution in [3.63, 3.8) is 0 Å². The summed E-state index contributed by atoms with van der Waals surface area (Å²) >= 11 is 0. The number of aryl methyl sites for hydroxylation is 1. The maximum Gasteiger partial charge on any atom is 0.339 e. The molecule has 0 fully saturated rings. The molecule has 2 rings (SSSR count). The van der Waals surface area contributed by atoms with E-state index >= 15 is 0 Å². The normalized spacial score (nSPS) is 10.2. The highest BCUT2D eigenvalue weighted by molar-refractivity contribution is 6.02. The van der Waals surface area contributed by atoms with Crippen LogP contribution in [0.4, 0.5) is 0 Å². The molecular weight excluding hydrogens is 380 g/mol. The van der Waals surface area contributed by atoms with Crippen LogP contribution in [0.15, 0.2) is 24.3 Å². The van der Waals surface area contributed by atoms with E-state index in [1.807, 2.05) is 0 Å². The highest BCUT2D eigenvalue weighted by Gasteiger charge is 2.23. The summed E-state index contributed by atoms with van der Waals surface area (Å²) in [7, 11) is 2.76. The van der Waals surface area contributed by atoms with Gasteiger partial charge in [0.1, 0.15) is 12.3 Å². The van der Waals surface area contributed by atoms with Crippen molar-refractivity contribution in [3.05, 3.63) is 52.3 Å². The lowest BCUT2D eigenvalue weighted by Crippen LogP contribution is -2.31. The highest BCUT2D eigenvalue weighted by Crippen LogP contribution is 2.19. The number of carbonyl (C=O) groups excluding carboxylic acids is 4. The number of Topliss-reactive ketones (excluding diaryl/α,β-unsaturated/α-hetero) is 1. The summed E-state index contributed by atoms with van der Waals surface area (Å²) in [4.78, 5) is 50.7. The second kappa shape index (κ2) is 9.54. The van der Waals surface area contributed by atoms with Crippen molar-refractivity contribution in [2.45, 2.75) is 13.8 Å². The molecule has 0 saturated heterocycles. The molecule has 0 atom stereocenters. The smallest absolute Gasteiger partial charge is 0.339 e. The van der Waals surface area contributed by atoms with Crippen LogP contribution in [0.25, 0.3) is 0 Å². The number of esters is 2. The predicted octanol–water partition coefficient (Wildman–Crippen LogP) is 1.58. The molecule has 9 nitrogen and oxygen atoms in total. The van der Waals surface area contributed by atoms with Crippen LogP contribution in [0.3, 0.4) is 0 Å². The number of hydrogen-bond donors (Lipinski definition) is 2. The molecule has 1 aromatic heterocycles. The maximum atomic E-state index is 12.3. The zero-order chi connectivity index (χ0) is 21.6. The Kier molecular flexibility index (Phi) is 7.13. The topological polar surface area (TPSA) is 124 Å². The molecule has 0 unspecified atom stereocenters. The Balaban J connectivity index is 1.88. The molecule has 2 aromatic rings. The monoisotopic (exact) mass is 402 g/mol. The molecule has 0 spiro atoms.